The molecule has 2 saturated carbocycles. The zero-order valence-corrected chi connectivity index (χ0v) is 13.2. The van der Waals surface area contributed by atoms with E-state index >= 15 is 0 Å². The number of carbonyl (C=O) groups is 1. The largest absolute Gasteiger partial charge is 0.465 e. The van der Waals surface area contributed by atoms with Gasteiger partial charge in [0.15, 0.2) is 0 Å². The van der Waals surface area contributed by atoms with Gasteiger partial charge >= 0.3 is 5.97 Å². The Balaban J connectivity index is 1.78. The highest BCUT2D eigenvalue weighted by atomic mass is 16.5. The van der Waals surface area contributed by atoms with E-state index in [-0.39, 0.29) is 11.4 Å². The second kappa shape index (κ2) is 4.94. The van der Waals surface area contributed by atoms with Crippen molar-refractivity contribution in [3.8, 4) is 0 Å². The topological polar surface area (TPSA) is 38.7 Å². The lowest BCUT2D eigenvalue weighted by Crippen LogP contribution is -2.35. The van der Waals surface area contributed by atoms with E-state index in [9.17, 15) is 4.79 Å². The molecule has 0 aromatic heterocycles. The summed E-state index contributed by atoms with van der Waals surface area (Å²) in [4.78, 5) is 17.7. The van der Waals surface area contributed by atoms with E-state index in [0.717, 1.165) is 30.7 Å². The molecule has 3 nitrogen and oxygen atoms in total. The van der Waals surface area contributed by atoms with E-state index in [1.165, 1.54) is 19.3 Å². The third-order valence-electron chi connectivity index (χ3n) is 6.09. The molecule has 3 heteroatoms. The van der Waals surface area contributed by atoms with Gasteiger partial charge in [-0.15, -0.1) is 0 Å². The van der Waals surface area contributed by atoms with Crippen molar-refractivity contribution >= 4 is 11.7 Å². The van der Waals surface area contributed by atoms with E-state index < -0.39 is 5.41 Å². The van der Waals surface area contributed by atoms with Crippen LogP contribution in [0.15, 0.2) is 35.3 Å². The Morgan fingerprint density at radius 3 is 2.64 bits per heavy atom. The van der Waals surface area contributed by atoms with E-state index in [2.05, 4.69) is 12.1 Å². The van der Waals surface area contributed by atoms with Crippen molar-refractivity contribution in [3.63, 3.8) is 0 Å². The molecule has 1 aliphatic heterocycles. The van der Waals surface area contributed by atoms with Crippen molar-refractivity contribution in [2.24, 2.45) is 21.7 Å². The number of ether oxygens (including phenoxy) is 1. The van der Waals surface area contributed by atoms with E-state index in [1.807, 2.05) is 25.1 Å². The average Bonchev–Trinajstić information content (AvgIpc) is 2.92. The standard InChI is InChI=1S/C19H23NO2/c1-2-22-17(21)19-15(18(19)11-7-4-8-12-18)13-20-16(19)14-9-5-3-6-10-14/h3,5-6,9-10,15H,2,4,7-8,11-13H2,1H3/t15-,19+/m0/s1. The molecule has 22 heavy (non-hydrogen) atoms. The first-order valence-corrected chi connectivity index (χ1v) is 8.55. The van der Waals surface area contributed by atoms with Crippen LogP contribution < -0.4 is 0 Å². The van der Waals surface area contributed by atoms with Crippen LogP contribution in [0.2, 0.25) is 0 Å². The van der Waals surface area contributed by atoms with Crippen LogP contribution in [0.4, 0.5) is 0 Å². The Morgan fingerprint density at radius 2 is 1.95 bits per heavy atom. The molecule has 116 valence electrons. The number of hydrogen-bond acceptors (Lipinski definition) is 3. The van der Waals surface area contributed by atoms with Gasteiger partial charge in [0.05, 0.1) is 12.3 Å². The number of hydrogen-bond donors (Lipinski definition) is 0. The lowest BCUT2D eigenvalue weighted by Gasteiger charge is -2.29. The summed E-state index contributed by atoms with van der Waals surface area (Å²) in [6, 6.07) is 10.2. The summed E-state index contributed by atoms with van der Waals surface area (Å²) in [5.41, 5.74) is 1.77. The third-order valence-corrected chi connectivity index (χ3v) is 6.09. The molecule has 2 atom stereocenters. The molecule has 1 aromatic carbocycles. The number of benzene rings is 1. The minimum absolute atomic E-state index is 0.0259. The highest BCUT2D eigenvalue weighted by Gasteiger charge is 2.84. The molecule has 0 N–H and O–H groups in total. The molecular weight excluding hydrogens is 274 g/mol. The van der Waals surface area contributed by atoms with E-state index in [0.29, 0.717) is 12.5 Å². The quantitative estimate of drug-likeness (QED) is 0.799. The Morgan fingerprint density at radius 1 is 1.23 bits per heavy atom. The summed E-state index contributed by atoms with van der Waals surface area (Å²) in [5, 5.41) is 0. The molecule has 0 amide bonds. The van der Waals surface area contributed by atoms with Crippen molar-refractivity contribution in [2.75, 3.05) is 13.2 Å². The van der Waals surface area contributed by atoms with Gasteiger partial charge in [0.2, 0.25) is 0 Å². The van der Waals surface area contributed by atoms with Gasteiger partial charge < -0.3 is 4.74 Å². The molecule has 3 aliphatic rings. The van der Waals surface area contributed by atoms with E-state index in [4.69, 9.17) is 9.73 Å². The Hall–Kier alpha value is -1.64. The molecule has 4 rings (SSSR count). The number of rotatable bonds is 3. The maximum absolute atomic E-state index is 13.0. The van der Waals surface area contributed by atoms with Crippen molar-refractivity contribution in [3.05, 3.63) is 35.9 Å². The molecule has 1 aromatic rings. The van der Waals surface area contributed by atoms with Crippen LogP contribution in [-0.2, 0) is 9.53 Å². The summed E-state index contributed by atoms with van der Waals surface area (Å²) >= 11 is 0. The van der Waals surface area contributed by atoms with E-state index in [1.54, 1.807) is 0 Å². The SMILES string of the molecule is CCOC(=O)[C@]12C(c3ccccc3)=NC[C@H]1C21CCCCC1. The molecular formula is C19H23NO2. The maximum atomic E-state index is 13.0. The van der Waals surface area contributed by atoms with Crippen LogP contribution in [0.25, 0.3) is 0 Å². The Bertz CT molecular complexity index is 616. The van der Waals surface area contributed by atoms with Crippen LogP contribution in [-0.4, -0.2) is 24.8 Å². The van der Waals surface area contributed by atoms with Gasteiger partial charge in [-0.1, -0.05) is 49.6 Å². The highest BCUT2D eigenvalue weighted by molar-refractivity contribution is 6.20. The average molecular weight is 297 g/mol. The minimum Gasteiger partial charge on any atom is -0.465 e. The van der Waals surface area contributed by atoms with Crippen LogP contribution in [0.1, 0.15) is 44.6 Å². The molecule has 0 unspecified atom stereocenters. The molecule has 1 spiro atoms. The molecule has 2 aliphatic carbocycles. The van der Waals surface area contributed by atoms with Gasteiger partial charge in [0.25, 0.3) is 0 Å². The normalized spacial score (nSPS) is 31.5. The smallest absolute Gasteiger partial charge is 0.319 e. The van der Waals surface area contributed by atoms with Gasteiger partial charge in [-0.05, 0) is 30.7 Å². The second-order valence-corrected chi connectivity index (χ2v) is 6.85. The predicted octanol–water partition coefficient (Wildman–Crippen LogP) is 3.62. The van der Waals surface area contributed by atoms with Gasteiger partial charge in [-0.2, -0.15) is 0 Å². The van der Waals surface area contributed by atoms with Crippen LogP contribution in [0, 0.1) is 16.7 Å². The maximum Gasteiger partial charge on any atom is 0.319 e. The van der Waals surface area contributed by atoms with Crippen molar-refractivity contribution < 1.29 is 9.53 Å². The molecule has 1 heterocycles. The Kier molecular flexibility index (Phi) is 3.14. The zero-order valence-electron chi connectivity index (χ0n) is 13.2. The second-order valence-electron chi connectivity index (χ2n) is 6.85. The molecule has 0 radical (unpaired) electrons. The number of esters is 1. The number of aliphatic imine (C=N–C) groups is 1. The summed E-state index contributed by atoms with van der Waals surface area (Å²) in [7, 11) is 0. The van der Waals surface area contributed by atoms with Crippen molar-refractivity contribution in [1.29, 1.82) is 0 Å². The first-order valence-electron chi connectivity index (χ1n) is 8.55. The predicted molar refractivity (Wildman–Crippen MR) is 85.9 cm³/mol. The van der Waals surface area contributed by atoms with Gasteiger partial charge in [0, 0.05) is 12.5 Å². The van der Waals surface area contributed by atoms with Crippen LogP contribution in [0.5, 0.6) is 0 Å². The lowest BCUT2D eigenvalue weighted by molar-refractivity contribution is -0.148. The molecule has 0 saturated heterocycles. The summed E-state index contributed by atoms with van der Waals surface area (Å²) in [5.74, 6) is 0.344. The van der Waals surface area contributed by atoms with Crippen LogP contribution in [0.3, 0.4) is 0 Å². The van der Waals surface area contributed by atoms with Gasteiger partial charge in [-0.3, -0.25) is 9.79 Å². The summed E-state index contributed by atoms with van der Waals surface area (Å²) in [6.07, 6.45) is 6.08. The fraction of sp³-hybridized carbons (Fsp3) is 0.579. The van der Waals surface area contributed by atoms with Crippen LogP contribution >= 0.6 is 0 Å². The molecule has 0 bridgehead atoms. The monoisotopic (exact) mass is 297 g/mol. The first-order chi connectivity index (χ1) is 10.8. The lowest BCUT2D eigenvalue weighted by atomic mass is 9.76. The highest BCUT2D eigenvalue weighted by Crippen LogP contribution is 2.78. The summed E-state index contributed by atoms with van der Waals surface area (Å²) in [6.45, 7) is 3.14. The van der Waals surface area contributed by atoms with Gasteiger partial charge in [-0.25, -0.2) is 0 Å². The van der Waals surface area contributed by atoms with Gasteiger partial charge in [0.1, 0.15) is 5.41 Å². The number of fused-ring (bicyclic) bond motifs is 3. The zero-order chi connectivity index (χ0) is 15.2. The van der Waals surface area contributed by atoms with Crippen molar-refractivity contribution in [2.45, 2.75) is 39.0 Å². The minimum atomic E-state index is -0.454. The fourth-order valence-electron chi connectivity index (χ4n) is 5.23. The Labute approximate surface area is 131 Å². The van der Waals surface area contributed by atoms with Crippen molar-refractivity contribution in [1.82, 2.24) is 0 Å². The fourth-order valence-corrected chi connectivity index (χ4v) is 5.23. The molecule has 2 fully saturated rings. The third kappa shape index (κ3) is 1.57. The first kappa shape index (κ1) is 14.0. The summed E-state index contributed by atoms with van der Waals surface area (Å²) < 4.78 is 5.53. The number of carbonyl (C=O) groups excluding carboxylic acids is 1. The number of nitrogens with zero attached hydrogens (tertiary/aromatic N) is 1.